The first-order valence-corrected chi connectivity index (χ1v) is 13.3. The fourth-order valence-electron chi connectivity index (χ4n) is 3.77. The minimum atomic E-state index is -3.62. The minimum Gasteiger partial charge on any atom is -0.355 e. The Morgan fingerprint density at radius 3 is 2.73 bits per heavy atom. The van der Waals surface area contributed by atoms with Gasteiger partial charge in [0.05, 0.1) is 10.6 Å². The molecule has 4 rings (SSSR count). The van der Waals surface area contributed by atoms with Crippen LogP contribution in [0.15, 0.2) is 58.6 Å². The van der Waals surface area contributed by atoms with Crippen LogP contribution in [0.3, 0.4) is 0 Å². The molecule has 2 aromatic carbocycles. The lowest BCUT2D eigenvalue weighted by atomic mass is 10.0. The van der Waals surface area contributed by atoms with Crippen molar-refractivity contribution in [2.24, 2.45) is 0 Å². The molecule has 1 aliphatic rings. The van der Waals surface area contributed by atoms with Gasteiger partial charge in [-0.3, -0.25) is 14.2 Å². The lowest BCUT2D eigenvalue weighted by Gasteiger charge is -2.30. The number of nitrogens with zero attached hydrogens (tertiary/aromatic N) is 3. The summed E-state index contributed by atoms with van der Waals surface area (Å²) in [6, 6.07) is 14.5. The summed E-state index contributed by atoms with van der Waals surface area (Å²) in [4.78, 5) is 16.6. The predicted molar refractivity (Wildman–Crippen MR) is 129 cm³/mol. The molecule has 33 heavy (non-hydrogen) atoms. The average Bonchev–Trinajstić information content (AvgIpc) is 3.25. The van der Waals surface area contributed by atoms with Crippen LogP contribution in [0.5, 0.6) is 0 Å². The number of aromatic amines is 1. The van der Waals surface area contributed by atoms with E-state index in [1.165, 1.54) is 16.1 Å². The number of fused-ring (bicyclic) bond motifs is 1. The molecule has 0 atom stereocenters. The molecule has 1 amide bonds. The average molecular weight is 486 g/mol. The molecule has 1 aromatic heterocycles. The number of nitrogens with one attached hydrogen (secondary N) is 2. The summed E-state index contributed by atoms with van der Waals surface area (Å²) < 4.78 is 28.0. The number of amides is 1. The second-order valence-electron chi connectivity index (χ2n) is 7.86. The van der Waals surface area contributed by atoms with Crippen molar-refractivity contribution < 1.29 is 13.2 Å². The van der Waals surface area contributed by atoms with Crippen LogP contribution < -0.4 is 9.62 Å². The largest absolute Gasteiger partial charge is 0.355 e. The summed E-state index contributed by atoms with van der Waals surface area (Å²) in [5.41, 5.74) is 2.75. The molecule has 2 heterocycles. The number of benzene rings is 2. The third kappa shape index (κ3) is 5.75. The first-order valence-electron chi connectivity index (χ1n) is 10.9. The highest BCUT2D eigenvalue weighted by atomic mass is 32.2. The quantitative estimate of drug-likeness (QED) is 0.356. The van der Waals surface area contributed by atoms with Crippen molar-refractivity contribution in [1.29, 1.82) is 0 Å². The van der Waals surface area contributed by atoms with Gasteiger partial charge >= 0.3 is 0 Å². The molecule has 3 aromatic rings. The molecule has 0 saturated carbocycles. The predicted octanol–water partition coefficient (Wildman–Crippen LogP) is 3.10. The highest BCUT2D eigenvalue weighted by molar-refractivity contribution is 7.99. The molecule has 174 valence electrons. The molecular formula is C23H27N5O3S2. The third-order valence-electron chi connectivity index (χ3n) is 5.45. The van der Waals surface area contributed by atoms with Gasteiger partial charge in [0, 0.05) is 25.3 Å². The number of thioether (sulfide) groups is 1. The number of carbonyl (C=O) groups is 1. The van der Waals surface area contributed by atoms with E-state index < -0.39 is 10.0 Å². The Labute approximate surface area is 198 Å². The van der Waals surface area contributed by atoms with E-state index in [9.17, 15) is 13.2 Å². The van der Waals surface area contributed by atoms with Gasteiger partial charge in [0.25, 0.3) is 10.0 Å². The zero-order valence-corrected chi connectivity index (χ0v) is 20.1. The van der Waals surface area contributed by atoms with E-state index in [1.807, 2.05) is 31.2 Å². The van der Waals surface area contributed by atoms with Crippen LogP contribution in [-0.2, 0) is 27.7 Å². The number of sulfonamides is 1. The molecule has 0 bridgehead atoms. The maximum Gasteiger partial charge on any atom is 0.264 e. The molecular weight excluding hydrogens is 458 g/mol. The molecule has 0 saturated heterocycles. The van der Waals surface area contributed by atoms with E-state index in [4.69, 9.17) is 0 Å². The van der Waals surface area contributed by atoms with E-state index in [0.29, 0.717) is 36.8 Å². The maximum atomic E-state index is 13.2. The summed E-state index contributed by atoms with van der Waals surface area (Å²) in [6.07, 6.45) is 2.59. The number of carbonyl (C=O) groups excluding carboxylic acids is 1. The zero-order chi connectivity index (χ0) is 23.3. The summed E-state index contributed by atoms with van der Waals surface area (Å²) in [7, 11) is -3.62. The molecule has 0 spiro atoms. The third-order valence-corrected chi connectivity index (χ3v) is 8.13. The SMILES string of the molecule is Cc1nc(SCCNC(=O)CCc2ccc(S(=O)(=O)N3CCCc4ccccc43)cc2)n[nH]1. The van der Waals surface area contributed by atoms with Gasteiger partial charge in [-0.2, -0.15) is 0 Å². The molecule has 2 N–H and O–H groups in total. The van der Waals surface area contributed by atoms with Crippen molar-refractivity contribution in [2.45, 2.75) is 42.7 Å². The first-order chi connectivity index (χ1) is 15.9. The molecule has 10 heteroatoms. The van der Waals surface area contributed by atoms with Crippen LogP contribution in [0.25, 0.3) is 0 Å². The number of para-hydroxylation sites is 1. The van der Waals surface area contributed by atoms with Gasteiger partial charge in [0.1, 0.15) is 5.82 Å². The van der Waals surface area contributed by atoms with E-state index in [2.05, 4.69) is 20.5 Å². The topological polar surface area (TPSA) is 108 Å². The molecule has 0 aliphatic carbocycles. The van der Waals surface area contributed by atoms with Crippen molar-refractivity contribution >= 4 is 33.4 Å². The minimum absolute atomic E-state index is 0.0385. The van der Waals surface area contributed by atoms with E-state index in [1.54, 1.807) is 24.3 Å². The van der Waals surface area contributed by atoms with Gasteiger partial charge < -0.3 is 5.32 Å². The monoisotopic (exact) mass is 485 g/mol. The van der Waals surface area contributed by atoms with Gasteiger partial charge in [0.2, 0.25) is 11.1 Å². The van der Waals surface area contributed by atoms with Gasteiger partial charge in [0.15, 0.2) is 0 Å². The smallest absolute Gasteiger partial charge is 0.264 e. The summed E-state index contributed by atoms with van der Waals surface area (Å²) in [6.45, 7) is 2.86. The van der Waals surface area contributed by atoms with Crippen LogP contribution in [0.2, 0.25) is 0 Å². The lowest BCUT2D eigenvalue weighted by Crippen LogP contribution is -2.35. The Morgan fingerprint density at radius 1 is 1.18 bits per heavy atom. The normalized spacial score (nSPS) is 13.5. The van der Waals surface area contributed by atoms with Crippen LogP contribution >= 0.6 is 11.8 Å². The summed E-state index contributed by atoms with van der Waals surface area (Å²) in [5, 5.41) is 10.4. The number of rotatable bonds is 9. The fraction of sp³-hybridized carbons (Fsp3) is 0.348. The second kappa shape index (κ2) is 10.4. The number of hydrogen-bond acceptors (Lipinski definition) is 6. The molecule has 0 fully saturated rings. The Morgan fingerprint density at radius 2 is 1.97 bits per heavy atom. The number of anilines is 1. The molecule has 0 unspecified atom stereocenters. The Kier molecular flexibility index (Phi) is 7.34. The molecule has 8 nitrogen and oxygen atoms in total. The number of H-pyrrole nitrogens is 1. The van der Waals surface area contributed by atoms with Gasteiger partial charge in [-0.15, -0.1) is 5.10 Å². The summed E-state index contributed by atoms with van der Waals surface area (Å²) in [5.74, 6) is 1.42. The van der Waals surface area contributed by atoms with Crippen LogP contribution in [-0.4, -0.2) is 48.3 Å². The van der Waals surface area contributed by atoms with Crippen LogP contribution in [0.1, 0.15) is 29.8 Å². The van der Waals surface area contributed by atoms with Gasteiger partial charge in [-0.25, -0.2) is 13.4 Å². The Bertz CT molecular complexity index is 1210. The van der Waals surface area contributed by atoms with E-state index in [-0.39, 0.29) is 10.8 Å². The number of aryl methyl sites for hydroxylation is 3. The standard InChI is InChI=1S/C23H27N5O3S2/c1-17-25-23(27-26-17)32-16-14-24-22(29)13-10-18-8-11-20(12-9-18)33(30,31)28-15-4-6-19-5-2-3-7-21(19)28/h2-3,5,7-9,11-12H,4,6,10,13-16H2,1H3,(H,24,29)(H,25,26,27). The Hall–Kier alpha value is -2.85. The lowest BCUT2D eigenvalue weighted by molar-refractivity contribution is -0.120. The highest BCUT2D eigenvalue weighted by Crippen LogP contribution is 2.31. The van der Waals surface area contributed by atoms with Gasteiger partial charge in [-0.05, 0) is 55.5 Å². The number of aromatic nitrogens is 3. The van der Waals surface area contributed by atoms with E-state index in [0.717, 1.165) is 35.5 Å². The van der Waals surface area contributed by atoms with Gasteiger partial charge in [-0.1, -0.05) is 42.1 Å². The van der Waals surface area contributed by atoms with Crippen molar-refractivity contribution in [3.8, 4) is 0 Å². The highest BCUT2D eigenvalue weighted by Gasteiger charge is 2.28. The maximum absolute atomic E-state index is 13.2. The zero-order valence-electron chi connectivity index (χ0n) is 18.5. The van der Waals surface area contributed by atoms with Crippen molar-refractivity contribution in [1.82, 2.24) is 20.5 Å². The first kappa shape index (κ1) is 23.3. The molecule has 1 aliphatic heterocycles. The Balaban J connectivity index is 1.28. The molecule has 0 radical (unpaired) electrons. The van der Waals surface area contributed by atoms with Crippen molar-refractivity contribution in [3.63, 3.8) is 0 Å². The fourth-order valence-corrected chi connectivity index (χ4v) is 6.01. The van der Waals surface area contributed by atoms with E-state index >= 15 is 0 Å². The van der Waals surface area contributed by atoms with Crippen molar-refractivity contribution in [2.75, 3.05) is 23.1 Å². The second-order valence-corrected chi connectivity index (χ2v) is 10.8. The summed E-state index contributed by atoms with van der Waals surface area (Å²) >= 11 is 1.48. The number of hydrogen-bond donors (Lipinski definition) is 2. The van der Waals surface area contributed by atoms with Crippen LogP contribution in [0.4, 0.5) is 5.69 Å². The van der Waals surface area contributed by atoms with Crippen molar-refractivity contribution in [3.05, 3.63) is 65.5 Å². The van der Waals surface area contributed by atoms with Crippen LogP contribution in [0, 0.1) is 6.92 Å².